The van der Waals surface area contributed by atoms with Crippen molar-refractivity contribution in [3.05, 3.63) is 0 Å². The van der Waals surface area contributed by atoms with Gasteiger partial charge in [-0.05, 0) is 0 Å². The first kappa shape index (κ1) is 37.1. The molecule has 27 heteroatoms. The van der Waals surface area contributed by atoms with Gasteiger partial charge in [0.15, 0.2) is 0 Å². The van der Waals surface area contributed by atoms with Crippen LogP contribution in [0.4, 0.5) is 114 Å². The molecular weight excluding hydrogens is 654 g/mol. The molecule has 1 nitrogen and oxygen atoms in total. The van der Waals surface area contributed by atoms with Gasteiger partial charge < -0.3 is 0 Å². The van der Waals surface area contributed by atoms with Crippen molar-refractivity contribution in [2.45, 2.75) is 72.0 Å². The zero-order chi connectivity index (χ0) is 32.7. The zero-order valence-electron chi connectivity index (χ0n) is 16.2. The molecule has 2 atom stereocenters. The minimum Gasteiger partial charge on any atom is -0.288 e. The molecule has 0 radical (unpaired) electrons. The van der Waals surface area contributed by atoms with Crippen molar-refractivity contribution in [2.75, 3.05) is 0 Å². The SMILES string of the molecule is FC(F)(F)C(F)(F)C(F)(F)C(F)(OC(F)(C(F)(F)C(F)(F)F)C(F)(F)C(F)(F)C(F)(F)F)C(F)(F)C(F)(F)F. The number of halogens is 26. The number of alkyl halides is 26. The fraction of sp³-hybridized carbons (Fsp3) is 1.00. The number of ether oxygens (including phenoxy) is 1. The highest BCUT2D eigenvalue weighted by molar-refractivity contribution is 5.15. The summed E-state index contributed by atoms with van der Waals surface area (Å²) in [5.74, 6) is -75.5. The van der Waals surface area contributed by atoms with Crippen molar-refractivity contribution in [3.63, 3.8) is 0 Å². The molecule has 236 valence electrons. The van der Waals surface area contributed by atoms with Crippen molar-refractivity contribution in [1.29, 1.82) is 0 Å². The van der Waals surface area contributed by atoms with Gasteiger partial charge in [-0.3, -0.25) is 4.74 Å². The highest BCUT2D eigenvalue weighted by atomic mass is 19.5. The van der Waals surface area contributed by atoms with Crippen LogP contribution < -0.4 is 0 Å². The standard InChI is InChI=1S/C12F26O/c13-1(14,3(17,18)9(27,28)29)7(25,5(21,22)11(33,34)35)39-8(26,6(23,24)12(36,37)38)2(15,16)4(19,20)10(30,31)32. The Bertz CT molecular complexity index is 811. The van der Waals surface area contributed by atoms with E-state index in [1.165, 1.54) is 0 Å². The molecule has 0 aliphatic rings. The Morgan fingerprint density at radius 2 is 0.359 bits per heavy atom. The van der Waals surface area contributed by atoms with Crippen molar-refractivity contribution < 1.29 is 119 Å². The molecule has 39 heavy (non-hydrogen) atoms. The van der Waals surface area contributed by atoms with Gasteiger partial charge >= 0.3 is 72.0 Å². The molecule has 0 aliphatic heterocycles. The van der Waals surface area contributed by atoms with E-state index in [2.05, 4.69) is 0 Å². The third kappa shape index (κ3) is 4.75. The van der Waals surface area contributed by atoms with Crippen LogP contribution in [0.5, 0.6) is 0 Å². The second-order valence-electron chi connectivity index (χ2n) is 6.73. The summed E-state index contributed by atoms with van der Waals surface area (Å²) >= 11 is 0. The summed E-state index contributed by atoms with van der Waals surface area (Å²) in [5.41, 5.74) is 0. The molecule has 0 aromatic heterocycles. The maximum Gasteiger partial charge on any atom is 0.460 e. The van der Waals surface area contributed by atoms with Crippen LogP contribution >= 0.6 is 0 Å². The average Bonchev–Trinajstić information content (AvgIpc) is 2.63. The van der Waals surface area contributed by atoms with E-state index in [-0.39, 0.29) is 0 Å². The summed E-state index contributed by atoms with van der Waals surface area (Å²) < 4.78 is 336. The average molecular weight is 654 g/mol. The van der Waals surface area contributed by atoms with E-state index in [0.29, 0.717) is 4.74 Å². The molecule has 2 unspecified atom stereocenters. The lowest BCUT2D eigenvalue weighted by Gasteiger charge is -2.48. The van der Waals surface area contributed by atoms with Crippen LogP contribution in [-0.4, -0.2) is 72.0 Å². The van der Waals surface area contributed by atoms with Gasteiger partial charge in [-0.15, -0.1) is 0 Å². The quantitative estimate of drug-likeness (QED) is 0.239. The summed E-state index contributed by atoms with van der Waals surface area (Å²) in [4.78, 5) is 0. The molecule has 0 saturated heterocycles. The predicted octanol–water partition coefficient (Wildman–Crippen LogP) is 8.40. The fourth-order valence-corrected chi connectivity index (χ4v) is 1.97. The molecule has 0 rings (SSSR count). The lowest BCUT2D eigenvalue weighted by molar-refractivity contribution is -0.548. The first-order valence-electron chi connectivity index (χ1n) is 7.82. The lowest BCUT2D eigenvalue weighted by atomic mass is 9.91. The van der Waals surface area contributed by atoms with Crippen LogP contribution in [0.1, 0.15) is 0 Å². The summed E-state index contributed by atoms with van der Waals surface area (Å²) in [6.45, 7) is 0. The Morgan fingerprint density at radius 3 is 0.487 bits per heavy atom. The van der Waals surface area contributed by atoms with Crippen molar-refractivity contribution >= 4 is 0 Å². The van der Waals surface area contributed by atoms with Crippen LogP contribution in [0.2, 0.25) is 0 Å². The van der Waals surface area contributed by atoms with Crippen LogP contribution in [0.15, 0.2) is 0 Å². The fourth-order valence-electron chi connectivity index (χ4n) is 1.97. The zero-order valence-corrected chi connectivity index (χ0v) is 16.2. The van der Waals surface area contributed by atoms with E-state index in [1.807, 2.05) is 0 Å². The Balaban J connectivity index is 8.29. The molecule has 0 aromatic carbocycles. The van der Waals surface area contributed by atoms with Gasteiger partial charge in [0.25, 0.3) is 0 Å². The monoisotopic (exact) mass is 654 g/mol. The molecule has 0 aromatic rings. The smallest absolute Gasteiger partial charge is 0.288 e. The second-order valence-corrected chi connectivity index (χ2v) is 6.73. The topological polar surface area (TPSA) is 9.23 Å². The Kier molecular flexibility index (Phi) is 8.40. The van der Waals surface area contributed by atoms with Gasteiger partial charge in [0.05, 0.1) is 0 Å². The van der Waals surface area contributed by atoms with Crippen molar-refractivity contribution in [1.82, 2.24) is 0 Å². The summed E-state index contributed by atoms with van der Waals surface area (Å²) in [6, 6.07) is 0. The van der Waals surface area contributed by atoms with E-state index < -0.39 is 72.0 Å². The predicted molar refractivity (Wildman–Crippen MR) is 62.7 cm³/mol. The van der Waals surface area contributed by atoms with Crippen molar-refractivity contribution in [3.8, 4) is 0 Å². The number of rotatable bonds is 8. The molecule has 0 spiro atoms. The molecule has 0 N–H and O–H groups in total. The third-order valence-corrected chi connectivity index (χ3v) is 4.11. The minimum atomic E-state index is -9.77. The first-order valence-corrected chi connectivity index (χ1v) is 7.82. The van der Waals surface area contributed by atoms with E-state index in [4.69, 9.17) is 0 Å². The summed E-state index contributed by atoms with van der Waals surface area (Å²) in [5, 5.41) is 0. The van der Waals surface area contributed by atoms with Gasteiger partial charge in [0, 0.05) is 0 Å². The molecule has 0 amide bonds. The molecule has 0 bridgehead atoms. The van der Waals surface area contributed by atoms with E-state index in [0.717, 1.165) is 0 Å². The Labute approximate surface area is 192 Å². The largest absolute Gasteiger partial charge is 0.460 e. The number of hydrogen-bond acceptors (Lipinski definition) is 1. The van der Waals surface area contributed by atoms with Gasteiger partial charge in [-0.25, -0.2) is 0 Å². The third-order valence-electron chi connectivity index (χ3n) is 4.11. The highest BCUT2D eigenvalue weighted by Crippen LogP contribution is 2.67. The minimum absolute atomic E-state index is 0.567. The highest BCUT2D eigenvalue weighted by Gasteiger charge is 2.98. The number of hydrogen-bond donors (Lipinski definition) is 0. The van der Waals surface area contributed by atoms with Crippen LogP contribution in [0, 0.1) is 0 Å². The lowest BCUT2D eigenvalue weighted by Crippen LogP contribution is -2.79. The maximum atomic E-state index is 14.3. The van der Waals surface area contributed by atoms with Crippen molar-refractivity contribution in [2.24, 2.45) is 0 Å². The van der Waals surface area contributed by atoms with Gasteiger partial charge in [-0.1, -0.05) is 0 Å². The molecule has 0 aliphatic carbocycles. The molecule has 0 heterocycles. The maximum absolute atomic E-state index is 14.3. The molecule has 0 saturated carbocycles. The molecular formula is C12F26O. The summed E-state index contributed by atoms with van der Waals surface area (Å²) in [7, 11) is 0. The van der Waals surface area contributed by atoms with E-state index in [1.54, 1.807) is 0 Å². The summed E-state index contributed by atoms with van der Waals surface area (Å²) in [6.07, 6.45) is -34.4. The van der Waals surface area contributed by atoms with Crippen LogP contribution in [0.25, 0.3) is 0 Å². The van der Waals surface area contributed by atoms with E-state index in [9.17, 15) is 114 Å². The van der Waals surface area contributed by atoms with Gasteiger partial charge in [0.2, 0.25) is 0 Å². The van der Waals surface area contributed by atoms with Crippen LogP contribution in [-0.2, 0) is 4.74 Å². The molecule has 0 fully saturated rings. The van der Waals surface area contributed by atoms with Crippen LogP contribution in [0.3, 0.4) is 0 Å². The van der Waals surface area contributed by atoms with Gasteiger partial charge in [0.1, 0.15) is 0 Å². The first-order chi connectivity index (χ1) is 16.2. The second kappa shape index (κ2) is 8.82. The Morgan fingerprint density at radius 1 is 0.205 bits per heavy atom. The normalized spacial score (nSPS) is 19.5. The Hall–Kier alpha value is -1.86. The van der Waals surface area contributed by atoms with E-state index >= 15 is 0 Å². The van der Waals surface area contributed by atoms with Gasteiger partial charge in [-0.2, -0.15) is 114 Å².